The highest BCUT2D eigenvalue weighted by molar-refractivity contribution is 6.00. The molecule has 2 aromatic heterocycles. The summed E-state index contributed by atoms with van der Waals surface area (Å²) in [6, 6.07) is 4.76. The summed E-state index contributed by atoms with van der Waals surface area (Å²) in [6.45, 7) is 0.471. The maximum absolute atomic E-state index is 15.0. The predicted octanol–water partition coefficient (Wildman–Crippen LogP) is -0.993. The summed E-state index contributed by atoms with van der Waals surface area (Å²) in [6.07, 6.45) is -2.19. The van der Waals surface area contributed by atoms with Crippen molar-refractivity contribution in [1.29, 1.82) is 0 Å². The first-order valence-corrected chi connectivity index (χ1v) is 13.3. The second-order valence-electron chi connectivity index (χ2n) is 10.1. The molecule has 1 aromatic carbocycles. The van der Waals surface area contributed by atoms with E-state index in [2.05, 4.69) is 31.2 Å². The van der Waals surface area contributed by atoms with Gasteiger partial charge in [-0.2, -0.15) is 5.10 Å². The smallest absolute Gasteiger partial charge is 0.369 e. The van der Waals surface area contributed by atoms with Crippen molar-refractivity contribution in [3.05, 3.63) is 41.5 Å². The zero-order chi connectivity index (χ0) is 31.8. The van der Waals surface area contributed by atoms with Gasteiger partial charge in [0.1, 0.15) is 11.5 Å². The molecule has 5 rings (SSSR count). The molecule has 17 nitrogen and oxygen atoms in total. The van der Waals surface area contributed by atoms with Crippen LogP contribution in [0.15, 0.2) is 24.3 Å². The van der Waals surface area contributed by atoms with E-state index in [-0.39, 0.29) is 64.2 Å². The molecule has 0 spiro atoms. The van der Waals surface area contributed by atoms with Crippen molar-refractivity contribution in [2.24, 2.45) is 13.0 Å². The number of methoxy groups -OCH3 is 1. The van der Waals surface area contributed by atoms with Gasteiger partial charge in [0.15, 0.2) is 17.3 Å². The molecule has 3 heterocycles. The van der Waals surface area contributed by atoms with Crippen LogP contribution >= 0.6 is 0 Å². The molecule has 2 fully saturated rings. The van der Waals surface area contributed by atoms with Crippen molar-refractivity contribution >= 4 is 40.8 Å². The molecule has 4 amide bonds. The Bertz CT molecular complexity index is 1650. The first kappa shape index (κ1) is 30.3. The number of piperazine rings is 1. The van der Waals surface area contributed by atoms with Gasteiger partial charge in [0, 0.05) is 43.8 Å². The Morgan fingerprint density at radius 1 is 1.11 bits per heavy atom. The number of aliphatic hydroxyl groups is 3. The van der Waals surface area contributed by atoms with Gasteiger partial charge in [0.25, 0.3) is 11.8 Å². The normalized spacial score (nSPS) is 15.0. The van der Waals surface area contributed by atoms with Gasteiger partial charge in [-0.05, 0) is 25.0 Å². The van der Waals surface area contributed by atoms with Crippen molar-refractivity contribution in [3.63, 3.8) is 0 Å². The first-order chi connectivity index (χ1) is 20.8. The number of rotatable bonds is 9. The molecule has 1 saturated heterocycles. The second kappa shape index (κ2) is 11.8. The second-order valence-corrected chi connectivity index (χ2v) is 10.1. The Morgan fingerprint density at radius 2 is 1.86 bits per heavy atom. The molecule has 0 bridgehead atoms. The number of carbonyl (C=O) groups is 4. The van der Waals surface area contributed by atoms with Crippen LogP contribution in [0.5, 0.6) is 5.75 Å². The maximum Gasteiger partial charge on any atom is 0.369 e. The number of benzene rings is 1. The number of ether oxygens (including phenoxy) is 1. The third-order valence-electron chi connectivity index (χ3n) is 6.72. The van der Waals surface area contributed by atoms with Gasteiger partial charge in [-0.15, -0.1) is 10.2 Å². The molecule has 232 valence electrons. The molecule has 1 aliphatic carbocycles. The monoisotopic (exact) mass is 613 g/mol. The third-order valence-corrected chi connectivity index (χ3v) is 6.72. The number of anilines is 3. The minimum absolute atomic E-state index is 0.0217. The number of aromatic nitrogens is 4. The van der Waals surface area contributed by atoms with Crippen LogP contribution in [0.3, 0.4) is 0 Å². The van der Waals surface area contributed by atoms with Crippen molar-refractivity contribution in [2.45, 2.75) is 18.9 Å². The molecule has 1 saturated carbocycles. The van der Waals surface area contributed by atoms with Gasteiger partial charge in [-0.1, -0.05) is 0 Å². The molecule has 0 radical (unpaired) electrons. The van der Waals surface area contributed by atoms with E-state index in [1.807, 2.05) is 0 Å². The topological polar surface area (TPSA) is 233 Å². The zero-order valence-electron chi connectivity index (χ0n) is 23.4. The average Bonchev–Trinajstić information content (AvgIpc) is 3.73. The quantitative estimate of drug-likeness (QED) is 0.144. The lowest BCUT2D eigenvalue weighted by atomic mass is 10.1. The number of hydrogen-bond donors (Lipinski definition) is 7. The van der Waals surface area contributed by atoms with E-state index in [0.717, 1.165) is 12.1 Å². The predicted molar refractivity (Wildman–Crippen MR) is 148 cm³/mol. The van der Waals surface area contributed by atoms with Crippen LogP contribution in [0.25, 0.3) is 11.3 Å². The highest BCUT2D eigenvalue weighted by atomic mass is 19.1. The highest BCUT2D eigenvalue weighted by Crippen LogP contribution is 2.39. The molecule has 0 unspecified atom stereocenters. The van der Waals surface area contributed by atoms with E-state index in [0.29, 0.717) is 25.9 Å². The third kappa shape index (κ3) is 6.72. The van der Waals surface area contributed by atoms with Gasteiger partial charge in [-0.3, -0.25) is 29.2 Å². The molecule has 3 aromatic rings. The number of nitrogens with one attached hydrogen (secondary N) is 4. The molecule has 7 N–H and O–H groups in total. The van der Waals surface area contributed by atoms with E-state index in [4.69, 9.17) is 4.74 Å². The summed E-state index contributed by atoms with van der Waals surface area (Å²) >= 11 is 0. The van der Waals surface area contributed by atoms with E-state index in [9.17, 15) is 34.5 Å². The number of halogens is 1. The summed E-state index contributed by atoms with van der Waals surface area (Å²) in [5, 5.41) is 49.1. The number of hydrogen-bond acceptors (Lipinski definition) is 12. The van der Waals surface area contributed by atoms with Crippen molar-refractivity contribution in [2.75, 3.05) is 37.4 Å². The van der Waals surface area contributed by atoms with E-state index < -0.39 is 29.4 Å². The van der Waals surface area contributed by atoms with Crippen LogP contribution in [0.1, 0.15) is 33.8 Å². The summed E-state index contributed by atoms with van der Waals surface area (Å²) in [7, 11) is 2.81. The molecule has 44 heavy (non-hydrogen) atoms. The van der Waals surface area contributed by atoms with Crippen molar-refractivity contribution in [3.8, 4) is 17.0 Å². The van der Waals surface area contributed by atoms with Gasteiger partial charge < -0.3 is 40.9 Å². The lowest BCUT2D eigenvalue weighted by Gasteiger charge is -2.26. The molecule has 18 heteroatoms. The number of aryl methyl sites for hydroxylation is 1. The van der Waals surface area contributed by atoms with Crippen LogP contribution < -0.4 is 26.0 Å². The Morgan fingerprint density at radius 3 is 2.52 bits per heavy atom. The summed E-state index contributed by atoms with van der Waals surface area (Å²) in [5.41, 5.74) is -0.437. The van der Waals surface area contributed by atoms with Crippen LogP contribution in [-0.2, 0) is 16.6 Å². The molecule has 1 aliphatic heterocycles. The fourth-order valence-corrected chi connectivity index (χ4v) is 4.52. The zero-order valence-corrected chi connectivity index (χ0v) is 23.4. The standard InChI is InChI=1S/C26H28FN9O8/c1-35-18(25(40)36-6-5-28-20(37)11-36)9-15(34-35)14-7-13(27)8-17(22(14)44-2)29-16-10-19(30-23(38)12-3-4-12)32-33-21(16)24(39)31-26(41,42)43/h7-10,12,41-43H,3-6,11H2,1-2H3,(H,28,37)(H,31,39)(H2,29,30,32,38). The highest BCUT2D eigenvalue weighted by Gasteiger charge is 2.31. The van der Waals surface area contributed by atoms with Crippen molar-refractivity contribution < 1.29 is 43.6 Å². The lowest BCUT2D eigenvalue weighted by Crippen LogP contribution is -2.50. The largest absolute Gasteiger partial charge is 0.494 e. The Labute approximate surface area is 248 Å². The Hall–Kier alpha value is -5.20. The summed E-state index contributed by atoms with van der Waals surface area (Å²) < 4.78 is 21.9. The Kier molecular flexibility index (Phi) is 8.13. The molecular weight excluding hydrogens is 585 g/mol. The van der Waals surface area contributed by atoms with E-state index in [1.54, 1.807) is 0 Å². The molecular formula is C26H28FN9O8. The van der Waals surface area contributed by atoms with Gasteiger partial charge in [-0.25, -0.2) is 4.39 Å². The van der Waals surface area contributed by atoms with E-state index in [1.165, 1.54) is 41.2 Å². The maximum atomic E-state index is 15.0. The van der Waals surface area contributed by atoms with Crippen molar-refractivity contribution in [1.82, 2.24) is 35.5 Å². The lowest BCUT2D eigenvalue weighted by molar-refractivity contribution is -0.323. The number of carbonyl (C=O) groups excluding carboxylic acids is 4. The van der Waals surface area contributed by atoms with Crippen LogP contribution in [-0.4, -0.2) is 96.7 Å². The SMILES string of the molecule is COc1c(Nc2cc(NC(=O)C3CC3)nnc2C(=O)NC(O)(O)O)cc(F)cc1-c1cc(C(=O)N2CCNC(=O)C2)n(C)n1. The van der Waals surface area contributed by atoms with Crippen LogP contribution in [0, 0.1) is 11.7 Å². The fraction of sp³-hybridized carbons (Fsp3) is 0.346. The Balaban J connectivity index is 1.52. The number of amides is 4. The van der Waals surface area contributed by atoms with Gasteiger partial charge >= 0.3 is 6.10 Å². The van der Waals surface area contributed by atoms with E-state index >= 15 is 4.39 Å². The van der Waals surface area contributed by atoms with Gasteiger partial charge in [0.2, 0.25) is 11.8 Å². The fourth-order valence-electron chi connectivity index (χ4n) is 4.52. The minimum atomic E-state index is -3.59. The molecule has 2 aliphatic rings. The molecule has 0 atom stereocenters. The van der Waals surface area contributed by atoms with Crippen LogP contribution in [0.4, 0.5) is 21.6 Å². The average molecular weight is 614 g/mol. The van der Waals surface area contributed by atoms with Crippen LogP contribution in [0.2, 0.25) is 0 Å². The van der Waals surface area contributed by atoms with Gasteiger partial charge in [0.05, 0.1) is 30.7 Å². The minimum Gasteiger partial charge on any atom is -0.494 e. The summed E-state index contributed by atoms with van der Waals surface area (Å²) in [5.74, 6) is -3.38. The number of nitrogens with zero attached hydrogens (tertiary/aromatic N) is 5. The first-order valence-electron chi connectivity index (χ1n) is 13.3. The summed E-state index contributed by atoms with van der Waals surface area (Å²) in [4.78, 5) is 51.2.